The number of fused-ring (bicyclic) bond motifs is 1. The number of primary amides is 1. The van der Waals surface area contributed by atoms with E-state index in [-0.39, 0.29) is 17.7 Å². The minimum atomic E-state index is -0.321. The molecule has 6 nitrogen and oxygen atoms in total. The van der Waals surface area contributed by atoms with Gasteiger partial charge in [-0.3, -0.25) is 9.59 Å². The largest absolute Gasteiger partial charge is 0.369 e. The molecular weight excluding hydrogens is 336 g/mol. The highest BCUT2D eigenvalue weighted by Crippen LogP contribution is 2.25. The molecule has 2 heterocycles. The molecule has 0 saturated carbocycles. The van der Waals surface area contributed by atoms with Gasteiger partial charge in [0.1, 0.15) is 0 Å². The van der Waals surface area contributed by atoms with Crippen LogP contribution in [0.2, 0.25) is 0 Å². The van der Waals surface area contributed by atoms with E-state index in [2.05, 4.69) is 16.1 Å². The fourth-order valence-electron chi connectivity index (χ4n) is 3.12. The molecule has 3 rings (SSSR count). The monoisotopic (exact) mass is 358 g/mol. The number of rotatable bonds is 6. The van der Waals surface area contributed by atoms with E-state index >= 15 is 0 Å². The van der Waals surface area contributed by atoms with E-state index in [1.165, 1.54) is 11.8 Å². The lowest BCUT2D eigenvalue weighted by molar-refractivity contribution is -0.132. The number of thioether (sulfide) groups is 1. The Morgan fingerprint density at radius 2 is 2.20 bits per heavy atom. The molecule has 1 unspecified atom stereocenters. The standard InChI is InChI=1S/C18H22N4O2S/c1-2-9-22-15-8-4-3-7-14(15)20-18(22)25-12-16(23)21-10-5-6-13(11-21)17(19)24/h2-4,7-8,13H,1,5-6,9-12H2,(H2,19,24). The number of allylic oxidation sites excluding steroid dienone is 1. The average molecular weight is 358 g/mol. The van der Waals surface area contributed by atoms with E-state index in [1.54, 1.807) is 4.90 Å². The number of hydrogen-bond donors (Lipinski definition) is 1. The molecule has 1 saturated heterocycles. The molecule has 2 N–H and O–H groups in total. The second-order valence-corrected chi connectivity index (χ2v) is 7.09. The summed E-state index contributed by atoms with van der Waals surface area (Å²) < 4.78 is 2.06. The third kappa shape index (κ3) is 3.87. The molecule has 132 valence electrons. The minimum Gasteiger partial charge on any atom is -0.369 e. The number of nitrogens with zero attached hydrogens (tertiary/aromatic N) is 3. The number of aromatic nitrogens is 2. The number of carbonyl (C=O) groups excluding carboxylic acids is 2. The van der Waals surface area contributed by atoms with Crippen molar-refractivity contribution in [1.82, 2.24) is 14.5 Å². The number of para-hydroxylation sites is 2. The molecular formula is C18H22N4O2S. The Balaban J connectivity index is 1.69. The second-order valence-electron chi connectivity index (χ2n) is 6.15. The number of likely N-dealkylation sites (tertiary alicyclic amines) is 1. The predicted octanol–water partition coefficient (Wildman–Crippen LogP) is 2.04. The van der Waals surface area contributed by atoms with Crippen molar-refractivity contribution in [2.75, 3.05) is 18.8 Å². The lowest BCUT2D eigenvalue weighted by atomic mass is 9.97. The number of amides is 2. The van der Waals surface area contributed by atoms with Crippen LogP contribution in [0, 0.1) is 5.92 Å². The highest BCUT2D eigenvalue weighted by molar-refractivity contribution is 7.99. The molecule has 7 heteroatoms. The van der Waals surface area contributed by atoms with Crippen LogP contribution in [0.1, 0.15) is 12.8 Å². The molecule has 0 aliphatic carbocycles. The van der Waals surface area contributed by atoms with Gasteiger partial charge in [0.15, 0.2) is 5.16 Å². The summed E-state index contributed by atoms with van der Waals surface area (Å²) in [5, 5.41) is 0.804. The first kappa shape index (κ1) is 17.5. The molecule has 2 amide bonds. The number of benzene rings is 1. The molecule has 1 aromatic heterocycles. The summed E-state index contributed by atoms with van der Waals surface area (Å²) >= 11 is 1.42. The Hall–Kier alpha value is -2.28. The van der Waals surface area contributed by atoms with Gasteiger partial charge in [0.05, 0.1) is 22.7 Å². The van der Waals surface area contributed by atoms with E-state index < -0.39 is 0 Å². The molecule has 0 spiro atoms. The second kappa shape index (κ2) is 7.74. The van der Waals surface area contributed by atoms with Crippen molar-refractivity contribution in [2.24, 2.45) is 11.7 Å². The van der Waals surface area contributed by atoms with Gasteiger partial charge in [-0.2, -0.15) is 0 Å². The Bertz CT molecular complexity index is 801. The van der Waals surface area contributed by atoms with Crippen LogP contribution < -0.4 is 5.73 Å². The van der Waals surface area contributed by atoms with Crippen molar-refractivity contribution < 1.29 is 9.59 Å². The van der Waals surface area contributed by atoms with Crippen LogP contribution in [0.5, 0.6) is 0 Å². The van der Waals surface area contributed by atoms with Crippen LogP contribution in [0.3, 0.4) is 0 Å². The molecule has 1 atom stereocenters. The van der Waals surface area contributed by atoms with Gasteiger partial charge in [0.2, 0.25) is 11.8 Å². The topological polar surface area (TPSA) is 81.2 Å². The predicted molar refractivity (Wildman–Crippen MR) is 99.2 cm³/mol. The molecule has 1 aromatic carbocycles. The quantitative estimate of drug-likeness (QED) is 0.633. The van der Waals surface area contributed by atoms with Crippen LogP contribution in [-0.2, 0) is 16.1 Å². The van der Waals surface area contributed by atoms with E-state index in [0.717, 1.165) is 29.0 Å². The minimum absolute atomic E-state index is 0.0214. The molecule has 1 fully saturated rings. The van der Waals surface area contributed by atoms with Crippen LogP contribution >= 0.6 is 11.8 Å². The number of carbonyl (C=O) groups is 2. The first-order chi connectivity index (χ1) is 12.1. The van der Waals surface area contributed by atoms with Crippen LogP contribution in [0.25, 0.3) is 11.0 Å². The normalized spacial score (nSPS) is 17.6. The van der Waals surface area contributed by atoms with Gasteiger partial charge in [-0.15, -0.1) is 6.58 Å². The van der Waals surface area contributed by atoms with Gasteiger partial charge in [0, 0.05) is 19.6 Å². The highest BCUT2D eigenvalue weighted by Gasteiger charge is 2.27. The molecule has 0 bridgehead atoms. The zero-order valence-corrected chi connectivity index (χ0v) is 14.9. The Labute approximate surface area is 151 Å². The maximum atomic E-state index is 12.5. The van der Waals surface area contributed by atoms with Crippen molar-refractivity contribution in [3.8, 4) is 0 Å². The van der Waals surface area contributed by atoms with Gasteiger partial charge >= 0.3 is 0 Å². The van der Waals surface area contributed by atoms with Crippen LogP contribution in [0.4, 0.5) is 0 Å². The summed E-state index contributed by atoms with van der Waals surface area (Å²) in [6.45, 7) is 5.56. The molecule has 1 aliphatic rings. The third-order valence-electron chi connectivity index (χ3n) is 4.43. The van der Waals surface area contributed by atoms with Crippen molar-refractivity contribution in [3.05, 3.63) is 36.9 Å². The molecule has 2 aromatic rings. The maximum Gasteiger partial charge on any atom is 0.233 e. The van der Waals surface area contributed by atoms with Crippen LogP contribution in [-0.4, -0.2) is 45.1 Å². The summed E-state index contributed by atoms with van der Waals surface area (Å²) in [6.07, 6.45) is 3.41. The first-order valence-electron chi connectivity index (χ1n) is 8.36. The van der Waals surface area contributed by atoms with Gasteiger partial charge in [-0.05, 0) is 25.0 Å². The Kier molecular flexibility index (Phi) is 5.43. The average Bonchev–Trinajstić information content (AvgIpc) is 2.98. The van der Waals surface area contributed by atoms with Gasteiger partial charge in [-0.1, -0.05) is 30.0 Å². The maximum absolute atomic E-state index is 12.5. The number of nitrogens with two attached hydrogens (primary N) is 1. The van der Waals surface area contributed by atoms with E-state index in [0.29, 0.717) is 25.4 Å². The van der Waals surface area contributed by atoms with Gasteiger partial charge in [0.25, 0.3) is 0 Å². The lowest BCUT2D eigenvalue weighted by Gasteiger charge is -2.31. The molecule has 0 radical (unpaired) electrons. The number of imidazole rings is 1. The SMILES string of the molecule is C=CCn1c(SCC(=O)N2CCCC(C(N)=O)C2)nc2ccccc21. The van der Waals surface area contributed by atoms with E-state index in [1.807, 2.05) is 30.3 Å². The van der Waals surface area contributed by atoms with Crippen LogP contribution in [0.15, 0.2) is 42.1 Å². The smallest absolute Gasteiger partial charge is 0.233 e. The summed E-state index contributed by atoms with van der Waals surface area (Å²) in [5.74, 6) is -0.231. The fraction of sp³-hybridized carbons (Fsp3) is 0.389. The van der Waals surface area contributed by atoms with Gasteiger partial charge < -0.3 is 15.2 Å². The number of piperidine rings is 1. The van der Waals surface area contributed by atoms with E-state index in [4.69, 9.17) is 5.73 Å². The summed E-state index contributed by atoms with van der Waals surface area (Å²) in [7, 11) is 0. The summed E-state index contributed by atoms with van der Waals surface area (Å²) in [6, 6.07) is 7.90. The highest BCUT2D eigenvalue weighted by atomic mass is 32.2. The fourth-order valence-corrected chi connectivity index (χ4v) is 4.05. The Morgan fingerprint density at radius 1 is 1.40 bits per heavy atom. The van der Waals surface area contributed by atoms with E-state index in [9.17, 15) is 9.59 Å². The van der Waals surface area contributed by atoms with Crippen molar-refractivity contribution >= 4 is 34.6 Å². The summed E-state index contributed by atoms with van der Waals surface area (Å²) in [5.41, 5.74) is 7.33. The zero-order valence-electron chi connectivity index (χ0n) is 14.1. The third-order valence-corrected chi connectivity index (χ3v) is 5.39. The van der Waals surface area contributed by atoms with Gasteiger partial charge in [-0.25, -0.2) is 4.98 Å². The molecule has 25 heavy (non-hydrogen) atoms. The molecule has 1 aliphatic heterocycles. The zero-order chi connectivity index (χ0) is 17.8. The number of hydrogen-bond acceptors (Lipinski definition) is 4. The summed E-state index contributed by atoms with van der Waals surface area (Å²) in [4.78, 5) is 30.3. The van der Waals surface area contributed by atoms with Crippen molar-refractivity contribution in [1.29, 1.82) is 0 Å². The van der Waals surface area contributed by atoms with Crippen molar-refractivity contribution in [2.45, 2.75) is 24.5 Å². The first-order valence-corrected chi connectivity index (χ1v) is 9.34. The Morgan fingerprint density at radius 3 is 2.96 bits per heavy atom. The van der Waals surface area contributed by atoms with Crippen molar-refractivity contribution in [3.63, 3.8) is 0 Å². The lowest BCUT2D eigenvalue weighted by Crippen LogP contribution is -2.44.